The minimum atomic E-state index is -2.27. The summed E-state index contributed by atoms with van der Waals surface area (Å²) in [5.41, 5.74) is 1.23. The molecule has 0 radical (unpaired) electrons. The van der Waals surface area contributed by atoms with Crippen LogP contribution in [0.1, 0.15) is 32.8 Å². The van der Waals surface area contributed by atoms with E-state index in [1.165, 1.54) is 12.0 Å². The van der Waals surface area contributed by atoms with Crippen molar-refractivity contribution in [3.63, 3.8) is 0 Å². The number of carboxylic acid groups (broad SMARTS) is 2. The van der Waals surface area contributed by atoms with Gasteiger partial charge >= 0.3 is 11.9 Å². The average Bonchev–Trinajstić information content (AvgIpc) is 3.22. The zero-order valence-electron chi connectivity index (χ0n) is 18.8. The number of hydrogen-bond acceptors (Lipinski definition) is 7. The van der Waals surface area contributed by atoms with Gasteiger partial charge in [-0.15, -0.1) is 0 Å². The van der Waals surface area contributed by atoms with E-state index in [1.807, 2.05) is 19.1 Å². The number of nitrogens with zero attached hydrogens (tertiary/aromatic N) is 1. The number of benzene rings is 1. The van der Waals surface area contributed by atoms with Gasteiger partial charge in [0.25, 0.3) is 0 Å². The van der Waals surface area contributed by atoms with Crippen molar-refractivity contribution in [1.82, 2.24) is 10.2 Å². The highest BCUT2D eigenvalue weighted by atomic mass is 35.5. The molecular formula is C22H35ClN2O7. The van der Waals surface area contributed by atoms with Crippen LogP contribution in [0.5, 0.6) is 5.75 Å². The van der Waals surface area contributed by atoms with E-state index in [2.05, 4.69) is 30.1 Å². The Labute approximate surface area is 193 Å². The Morgan fingerprint density at radius 1 is 1.22 bits per heavy atom. The molecule has 1 aliphatic rings. The number of halogens is 1. The molecule has 1 aromatic carbocycles. The van der Waals surface area contributed by atoms with Crippen molar-refractivity contribution < 1.29 is 34.8 Å². The van der Waals surface area contributed by atoms with Crippen LogP contribution in [0.15, 0.2) is 18.2 Å². The zero-order valence-corrected chi connectivity index (χ0v) is 19.6. The predicted octanol–water partition coefficient (Wildman–Crippen LogP) is 1.68. The van der Waals surface area contributed by atoms with E-state index in [1.54, 1.807) is 0 Å². The lowest BCUT2D eigenvalue weighted by molar-refractivity contribution is -0.165. The summed E-state index contributed by atoms with van der Waals surface area (Å²) in [6, 6.07) is 6.00. The number of rotatable bonds is 11. The fourth-order valence-electron chi connectivity index (χ4n) is 3.42. The number of ether oxygens (including phenoxy) is 1. The molecule has 5 N–H and O–H groups in total. The third-order valence-corrected chi connectivity index (χ3v) is 5.07. The van der Waals surface area contributed by atoms with E-state index in [-0.39, 0.29) is 0 Å². The summed E-state index contributed by atoms with van der Waals surface area (Å²) < 4.78 is 5.77. The monoisotopic (exact) mass is 474 g/mol. The van der Waals surface area contributed by atoms with Crippen LogP contribution in [-0.4, -0.2) is 82.3 Å². The van der Waals surface area contributed by atoms with Gasteiger partial charge in [0.2, 0.25) is 0 Å². The van der Waals surface area contributed by atoms with Gasteiger partial charge in [0.15, 0.2) is 12.2 Å². The smallest absolute Gasteiger partial charge is 0.335 e. The minimum absolute atomic E-state index is 0.664. The van der Waals surface area contributed by atoms with Gasteiger partial charge in [0.1, 0.15) is 5.75 Å². The van der Waals surface area contributed by atoms with E-state index in [0.717, 1.165) is 49.4 Å². The van der Waals surface area contributed by atoms with Gasteiger partial charge in [-0.2, -0.15) is 0 Å². The topological polar surface area (TPSA) is 140 Å². The Bertz CT molecular complexity index is 708. The standard InChI is InChI=1S/C18H29ClN2O.C4H6O6/c1-4-22-18-9-17(19)6-5-16(18)13-21(11-14(2)3)12-15-7-8-20-10-15;5-1(3(7)8)2(6)4(9)10/h5-6,9,14-15,20H,4,7-8,10-13H2,1-3H3;1-2,5-6H,(H,7,8)(H,9,10)/t15-;1-,2-/m01/s1. The first-order valence-electron chi connectivity index (χ1n) is 10.7. The van der Waals surface area contributed by atoms with Crippen molar-refractivity contribution in [3.05, 3.63) is 28.8 Å². The highest BCUT2D eigenvalue weighted by Gasteiger charge is 2.29. The molecule has 2 rings (SSSR count). The van der Waals surface area contributed by atoms with Gasteiger partial charge in [-0.3, -0.25) is 4.90 Å². The minimum Gasteiger partial charge on any atom is -0.493 e. The molecule has 182 valence electrons. The maximum Gasteiger partial charge on any atom is 0.335 e. The molecule has 10 heteroatoms. The molecule has 1 fully saturated rings. The molecule has 9 nitrogen and oxygen atoms in total. The normalized spacial score (nSPS) is 17.6. The molecule has 1 aliphatic heterocycles. The molecule has 0 saturated carbocycles. The SMILES string of the molecule is CCOc1cc(Cl)ccc1CN(CC(C)C)C[C@H]1CCNC1.O=C(O)[C@H](O)[C@@H](O)C(=O)O. The van der Waals surface area contributed by atoms with Crippen molar-refractivity contribution in [2.45, 2.75) is 45.9 Å². The molecule has 0 unspecified atom stereocenters. The summed E-state index contributed by atoms with van der Waals surface area (Å²) in [7, 11) is 0. The van der Waals surface area contributed by atoms with Gasteiger partial charge in [0.05, 0.1) is 6.61 Å². The van der Waals surface area contributed by atoms with Crippen LogP contribution in [0.2, 0.25) is 5.02 Å². The van der Waals surface area contributed by atoms with Crippen molar-refractivity contribution in [3.8, 4) is 5.75 Å². The van der Waals surface area contributed by atoms with Gasteiger partial charge in [-0.05, 0) is 50.4 Å². The number of aliphatic carboxylic acids is 2. The van der Waals surface area contributed by atoms with E-state index < -0.39 is 24.1 Å². The van der Waals surface area contributed by atoms with Crippen molar-refractivity contribution in [2.75, 3.05) is 32.8 Å². The third kappa shape index (κ3) is 10.1. The van der Waals surface area contributed by atoms with Crippen LogP contribution in [0.4, 0.5) is 0 Å². The number of aliphatic hydroxyl groups is 2. The lowest BCUT2D eigenvalue weighted by Gasteiger charge is -2.27. The van der Waals surface area contributed by atoms with Gasteiger partial charge in [0, 0.05) is 30.2 Å². The van der Waals surface area contributed by atoms with E-state index >= 15 is 0 Å². The number of aliphatic hydroxyl groups excluding tert-OH is 2. The Hall–Kier alpha value is -1.91. The third-order valence-electron chi connectivity index (χ3n) is 4.83. The second-order valence-corrected chi connectivity index (χ2v) is 8.63. The molecule has 1 saturated heterocycles. The first-order valence-corrected chi connectivity index (χ1v) is 11.1. The Balaban J connectivity index is 0.000000433. The maximum absolute atomic E-state index is 9.77. The van der Waals surface area contributed by atoms with E-state index in [0.29, 0.717) is 12.5 Å². The van der Waals surface area contributed by atoms with Gasteiger partial charge < -0.3 is 30.5 Å². The predicted molar refractivity (Wildman–Crippen MR) is 121 cm³/mol. The van der Waals surface area contributed by atoms with Crippen LogP contribution < -0.4 is 10.1 Å². The summed E-state index contributed by atoms with van der Waals surface area (Å²) >= 11 is 6.11. The maximum atomic E-state index is 9.77. The number of nitrogens with one attached hydrogen (secondary N) is 1. The molecular weight excluding hydrogens is 440 g/mol. The summed E-state index contributed by atoms with van der Waals surface area (Å²) in [5.74, 6) is -1.18. The zero-order chi connectivity index (χ0) is 24.3. The Morgan fingerprint density at radius 3 is 2.31 bits per heavy atom. The quantitative estimate of drug-likeness (QED) is 0.324. The molecule has 0 aliphatic carbocycles. The highest BCUT2D eigenvalue weighted by molar-refractivity contribution is 6.30. The molecule has 32 heavy (non-hydrogen) atoms. The molecule has 0 spiro atoms. The summed E-state index contributed by atoms with van der Waals surface area (Å²) in [4.78, 5) is 22.1. The van der Waals surface area contributed by atoms with Crippen LogP contribution in [-0.2, 0) is 16.1 Å². The Morgan fingerprint density at radius 2 is 1.84 bits per heavy atom. The molecule has 1 heterocycles. The molecule has 0 bridgehead atoms. The van der Waals surface area contributed by atoms with Gasteiger partial charge in [-0.25, -0.2) is 9.59 Å². The van der Waals surface area contributed by atoms with Gasteiger partial charge in [-0.1, -0.05) is 31.5 Å². The second kappa shape index (κ2) is 14.3. The first-order chi connectivity index (χ1) is 15.0. The molecule has 1 aromatic rings. The summed E-state index contributed by atoms with van der Waals surface area (Å²) in [6.45, 7) is 12.8. The van der Waals surface area contributed by atoms with Crippen LogP contribution in [0.3, 0.4) is 0 Å². The van der Waals surface area contributed by atoms with Crippen molar-refractivity contribution >= 4 is 23.5 Å². The summed E-state index contributed by atoms with van der Waals surface area (Å²) in [5, 5.41) is 36.7. The number of hydrogen-bond donors (Lipinski definition) is 5. The van der Waals surface area contributed by atoms with Crippen molar-refractivity contribution in [2.24, 2.45) is 11.8 Å². The molecule has 3 atom stereocenters. The largest absolute Gasteiger partial charge is 0.493 e. The van der Waals surface area contributed by atoms with E-state index in [4.69, 9.17) is 36.8 Å². The lowest BCUT2D eigenvalue weighted by Crippen LogP contribution is -2.39. The van der Waals surface area contributed by atoms with Crippen LogP contribution >= 0.6 is 11.6 Å². The molecule has 0 aromatic heterocycles. The highest BCUT2D eigenvalue weighted by Crippen LogP contribution is 2.26. The second-order valence-electron chi connectivity index (χ2n) is 8.20. The summed E-state index contributed by atoms with van der Waals surface area (Å²) in [6.07, 6.45) is -3.25. The fraction of sp³-hybridized carbons (Fsp3) is 0.636. The fourth-order valence-corrected chi connectivity index (χ4v) is 3.58. The van der Waals surface area contributed by atoms with Crippen LogP contribution in [0.25, 0.3) is 0 Å². The Kier molecular flexibility index (Phi) is 12.6. The number of carboxylic acids is 2. The van der Waals surface area contributed by atoms with Crippen LogP contribution in [0, 0.1) is 11.8 Å². The number of carbonyl (C=O) groups is 2. The van der Waals surface area contributed by atoms with Crippen molar-refractivity contribution in [1.29, 1.82) is 0 Å². The lowest BCUT2D eigenvalue weighted by atomic mass is 10.1. The average molecular weight is 475 g/mol. The first kappa shape index (κ1) is 28.1. The molecule has 0 amide bonds. The van der Waals surface area contributed by atoms with E-state index in [9.17, 15) is 9.59 Å².